The molecule has 1 amide bonds. The van der Waals surface area contributed by atoms with Crippen molar-refractivity contribution in [3.05, 3.63) is 64.7 Å². The zero-order valence-corrected chi connectivity index (χ0v) is 20.9. The molecule has 3 rings (SSSR count). The third-order valence-electron chi connectivity index (χ3n) is 6.09. The second kappa shape index (κ2) is 11.2. The van der Waals surface area contributed by atoms with Gasteiger partial charge in [0.2, 0.25) is 15.9 Å². The summed E-state index contributed by atoms with van der Waals surface area (Å²) in [6.45, 7) is 10.3. The largest absolute Gasteiger partial charge is 0.348 e. The molecular weight excluding hydrogens is 436 g/mol. The first kappa shape index (κ1) is 25.4. The summed E-state index contributed by atoms with van der Waals surface area (Å²) in [7, 11) is -1.57. The maximum Gasteiger partial charge on any atom is 0.241 e. The number of piperazine rings is 1. The van der Waals surface area contributed by atoms with Gasteiger partial charge in [-0.15, -0.1) is 0 Å². The van der Waals surface area contributed by atoms with Gasteiger partial charge in [-0.1, -0.05) is 48.0 Å². The van der Waals surface area contributed by atoms with Crippen molar-refractivity contribution < 1.29 is 13.2 Å². The van der Waals surface area contributed by atoms with Crippen LogP contribution in [-0.4, -0.2) is 70.4 Å². The SMILES string of the molecule is Cc1cc(C)c(S(=O)(=O)NCCC(=O)NC(CN2CCN(C)CC2)c2ccccc2)c(C)c1. The molecule has 2 N–H and O–H groups in total. The van der Waals surface area contributed by atoms with E-state index in [0.717, 1.165) is 43.9 Å². The Morgan fingerprint density at radius 3 is 2.21 bits per heavy atom. The summed E-state index contributed by atoms with van der Waals surface area (Å²) in [5, 5.41) is 3.12. The van der Waals surface area contributed by atoms with Crippen molar-refractivity contribution in [1.29, 1.82) is 0 Å². The Kier molecular flexibility index (Phi) is 8.64. The van der Waals surface area contributed by atoms with E-state index in [1.54, 1.807) is 13.8 Å². The lowest BCUT2D eigenvalue weighted by Crippen LogP contribution is -2.48. The first-order valence-corrected chi connectivity index (χ1v) is 13.0. The number of hydrogen-bond acceptors (Lipinski definition) is 5. The van der Waals surface area contributed by atoms with Gasteiger partial charge >= 0.3 is 0 Å². The van der Waals surface area contributed by atoms with Crippen molar-refractivity contribution >= 4 is 15.9 Å². The third kappa shape index (κ3) is 7.11. The molecule has 0 aliphatic carbocycles. The van der Waals surface area contributed by atoms with Gasteiger partial charge in [0.15, 0.2) is 0 Å². The monoisotopic (exact) mass is 472 g/mol. The molecule has 8 heteroatoms. The number of amides is 1. The van der Waals surface area contributed by atoms with Gasteiger partial charge in [-0.2, -0.15) is 0 Å². The zero-order chi connectivity index (χ0) is 24.0. The molecule has 0 bridgehead atoms. The molecule has 0 spiro atoms. The van der Waals surface area contributed by atoms with Crippen molar-refractivity contribution in [2.75, 3.05) is 46.3 Å². The maximum absolute atomic E-state index is 12.8. The van der Waals surface area contributed by atoms with Crippen LogP contribution in [0.15, 0.2) is 47.4 Å². The van der Waals surface area contributed by atoms with Crippen molar-refractivity contribution in [1.82, 2.24) is 19.8 Å². The molecule has 2 aromatic carbocycles. The summed E-state index contributed by atoms with van der Waals surface area (Å²) in [4.78, 5) is 17.7. The normalized spacial score (nSPS) is 16.5. The van der Waals surface area contributed by atoms with Gasteiger partial charge in [-0.25, -0.2) is 13.1 Å². The summed E-state index contributed by atoms with van der Waals surface area (Å²) >= 11 is 0. The summed E-state index contributed by atoms with van der Waals surface area (Å²) in [6.07, 6.45) is 0.0786. The summed E-state index contributed by atoms with van der Waals surface area (Å²) in [6, 6.07) is 13.5. The quantitative estimate of drug-likeness (QED) is 0.586. The third-order valence-corrected chi connectivity index (χ3v) is 7.86. The van der Waals surface area contributed by atoms with E-state index in [0.29, 0.717) is 16.0 Å². The van der Waals surface area contributed by atoms with Gasteiger partial charge in [0.1, 0.15) is 0 Å². The fraction of sp³-hybridized carbons (Fsp3) is 0.480. The highest BCUT2D eigenvalue weighted by atomic mass is 32.2. The molecule has 7 nitrogen and oxygen atoms in total. The second-order valence-electron chi connectivity index (χ2n) is 9.01. The second-order valence-corrected chi connectivity index (χ2v) is 10.7. The number of nitrogens with zero attached hydrogens (tertiary/aromatic N) is 2. The van der Waals surface area contributed by atoms with E-state index in [2.05, 4.69) is 26.9 Å². The number of aryl methyl sites for hydroxylation is 3. The smallest absolute Gasteiger partial charge is 0.241 e. The van der Waals surface area contributed by atoms with Crippen molar-refractivity contribution in [2.24, 2.45) is 0 Å². The van der Waals surface area contributed by atoms with E-state index in [9.17, 15) is 13.2 Å². The average molecular weight is 473 g/mol. The fourth-order valence-corrected chi connectivity index (χ4v) is 5.92. The molecule has 0 aromatic heterocycles. The van der Waals surface area contributed by atoms with Gasteiger partial charge in [-0.3, -0.25) is 9.69 Å². The van der Waals surface area contributed by atoms with Gasteiger partial charge in [-0.05, 0) is 44.5 Å². The lowest BCUT2D eigenvalue weighted by molar-refractivity contribution is -0.121. The molecule has 0 radical (unpaired) electrons. The Balaban J connectivity index is 1.60. The topological polar surface area (TPSA) is 81.7 Å². The zero-order valence-electron chi connectivity index (χ0n) is 20.1. The number of hydrogen-bond donors (Lipinski definition) is 2. The minimum atomic E-state index is -3.69. The van der Waals surface area contributed by atoms with Crippen LogP contribution in [-0.2, 0) is 14.8 Å². The van der Waals surface area contributed by atoms with Crippen LogP contribution in [0.4, 0.5) is 0 Å². The molecule has 1 fully saturated rings. The van der Waals surface area contributed by atoms with E-state index >= 15 is 0 Å². The molecule has 2 aromatic rings. The number of rotatable bonds is 9. The van der Waals surface area contributed by atoms with Crippen molar-refractivity contribution in [2.45, 2.75) is 38.1 Å². The first-order chi connectivity index (χ1) is 15.7. The minimum Gasteiger partial charge on any atom is -0.348 e. The standard InChI is InChI=1S/C25H36N4O3S/c1-19-16-20(2)25(21(3)17-19)33(31,32)26-11-10-24(30)27-23(22-8-6-5-7-9-22)18-29-14-12-28(4)13-15-29/h5-9,16-17,23,26H,10-15,18H2,1-4H3,(H,27,30). The van der Waals surface area contributed by atoms with Crippen LogP contribution in [0.3, 0.4) is 0 Å². The molecule has 1 atom stereocenters. The van der Waals surface area contributed by atoms with E-state index in [1.807, 2.05) is 49.4 Å². The van der Waals surface area contributed by atoms with E-state index in [4.69, 9.17) is 0 Å². The fourth-order valence-electron chi connectivity index (χ4n) is 4.44. The number of benzene rings is 2. The van der Waals surface area contributed by atoms with Gasteiger partial charge in [0, 0.05) is 45.7 Å². The first-order valence-electron chi connectivity index (χ1n) is 11.5. The predicted molar refractivity (Wildman–Crippen MR) is 132 cm³/mol. The number of carbonyl (C=O) groups is 1. The number of carbonyl (C=O) groups excluding carboxylic acids is 1. The molecule has 1 saturated heterocycles. The highest BCUT2D eigenvalue weighted by molar-refractivity contribution is 7.89. The van der Waals surface area contributed by atoms with Crippen LogP contribution in [0, 0.1) is 20.8 Å². The Morgan fingerprint density at radius 2 is 1.61 bits per heavy atom. The van der Waals surface area contributed by atoms with E-state index in [-0.39, 0.29) is 24.9 Å². The van der Waals surface area contributed by atoms with Gasteiger partial charge in [0.05, 0.1) is 10.9 Å². The number of sulfonamides is 1. The van der Waals surface area contributed by atoms with Gasteiger partial charge in [0.25, 0.3) is 0 Å². The van der Waals surface area contributed by atoms with E-state index in [1.165, 1.54) is 0 Å². The van der Waals surface area contributed by atoms with Gasteiger partial charge < -0.3 is 10.2 Å². The Labute approximate surface area is 198 Å². The lowest BCUT2D eigenvalue weighted by atomic mass is 10.1. The average Bonchev–Trinajstić information content (AvgIpc) is 2.74. The van der Waals surface area contributed by atoms with E-state index < -0.39 is 10.0 Å². The minimum absolute atomic E-state index is 0.0525. The predicted octanol–water partition coefficient (Wildman–Crippen LogP) is 2.39. The number of likely N-dealkylation sites (N-methyl/N-ethyl adjacent to an activating group) is 1. The maximum atomic E-state index is 12.8. The number of nitrogens with one attached hydrogen (secondary N) is 2. The molecule has 0 saturated carbocycles. The molecule has 33 heavy (non-hydrogen) atoms. The highest BCUT2D eigenvalue weighted by Crippen LogP contribution is 2.21. The summed E-state index contributed by atoms with van der Waals surface area (Å²) < 4.78 is 28.3. The highest BCUT2D eigenvalue weighted by Gasteiger charge is 2.23. The molecule has 180 valence electrons. The molecule has 1 aliphatic rings. The molecule has 1 unspecified atom stereocenters. The lowest BCUT2D eigenvalue weighted by Gasteiger charge is -2.35. The molecule has 1 aliphatic heterocycles. The van der Waals surface area contributed by atoms with Crippen molar-refractivity contribution in [3.8, 4) is 0 Å². The van der Waals surface area contributed by atoms with Crippen LogP contribution in [0.2, 0.25) is 0 Å². The molecule has 1 heterocycles. The van der Waals surface area contributed by atoms with Crippen LogP contribution < -0.4 is 10.0 Å². The summed E-state index contributed by atoms with van der Waals surface area (Å²) in [5.74, 6) is -0.168. The van der Waals surface area contributed by atoms with Crippen LogP contribution in [0.1, 0.15) is 34.7 Å². The van der Waals surface area contributed by atoms with Crippen LogP contribution in [0.25, 0.3) is 0 Å². The molecular formula is C25H36N4O3S. The Hall–Kier alpha value is -2.26. The Bertz CT molecular complexity index is 1030. The Morgan fingerprint density at radius 1 is 1.00 bits per heavy atom. The summed E-state index contributed by atoms with van der Waals surface area (Å²) in [5.41, 5.74) is 3.49. The van der Waals surface area contributed by atoms with Crippen LogP contribution in [0.5, 0.6) is 0 Å². The van der Waals surface area contributed by atoms with Crippen LogP contribution >= 0.6 is 0 Å². The van der Waals surface area contributed by atoms with Crippen molar-refractivity contribution in [3.63, 3.8) is 0 Å².